The summed E-state index contributed by atoms with van der Waals surface area (Å²) >= 11 is 0. The van der Waals surface area contributed by atoms with Crippen LogP contribution in [0.15, 0.2) is 0 Å². The minimum atomic E-state index is -0.403. The van der Waals surface area contributed by atoms with Crippen molar-refractivity contribution in [2.75, 3.05) is 6.61 Å². The fourth-order valence-corrected chi connectivity index (χ4v) is 1.57. The zero-order chi connectivity index (χ0) is 7.72. The summed E-state index contributed by atoms with van der Waals surface area (Å²) in [7, 11) is 5.66. The van der Waals surface area contributed by atoms with Gasteiger partial charge in [-0.1, -0.05) is 19.2 Å². The molecule has 2 nitrogen and oxygen atoms in total. The van der Waals surface area contributed by atoms with Gasteiger partial charge in [-0.15, -0.1) is 0 Å². The second-order valence-electron chi connectivity index (χ2n) is 3.19. The molecule has 1 rings (SSSR count). The van der Waals surface area contributed by atoms with Crippen LogP contribution in [0.1, 0.15) is 13.3 Å². The molecule has 0 amide bonds. The van der Waals surface area contributed by atoms with E-state index in [4.69, 9.17) is 13.0 Å². The van der Waals surface area contributed by atoms with Crippen LogP contribution in [-0.2, 0) is 0 Å². The van der Waals surface area contributed by atoms with Gasteiger partial charge in [0.2, 0.25) is 0 Å². The molecule has 1 saturated carbocycles. The van der Waals surface area contributed by atoms with E-state index in [0.717, 1.165) is 6.42 Å². The lowest BCUT2D eigenvalue weighted by Crippen LogP contribution is -2.22. The van der Waals surface area contributed by atoms with Crippen LogP contribution in [0.5, 0.6) is 0 Å². The van der Waals surface area contributed by atoms with Gasteiger partial charge in [-0.05, 0) is 5.92 Å². The van der Waals surface area contributed by atoms with Gasteiger partial charge in [0.25, 0.3) is 0 Å². The lowest BCUT2D eigenvalue weighted by atomic mass is 9.79. The van der Waals surface area contributed by atoms with Crippen molar-refractivity contribution in [3.05, 3.63) is 0 Å². The summed E-state index contributed by atoms with van der Waals surface area (Å²) in [6.45, 7) is 1.98. The standard InChI is InChI=1S/C7H13BO2/c1-4-6(8)2-5(3-9)7(4)10/h4-7,9-10H,2-3H2,1H3/t4-,5-,6-,7?/m1/s1. The summed E-state index contributed by atoms with van der Waals surface area (Å²) in [5, 5.41) is 18.1. The second kappa shape index (κ2) is 2.93. The van der Waals surface area contributed by atoms with E-state index >= 15 is 0 Å². The minimum absolute atomic E-state index is 0.00463. The van der Waals surface area contributed by atoms with Crippen LogP contribution in [0.2, 0.25) is 5.82 Å². The third-order valence-electron chi connectivity index (χ3n) is 2.51. The van der Waals surface area contributed by atoms with Gasteiger partial charge in [0.05, 0.1) is 14.0 Å². The zero-order valence-corrected chi connectivity index (χ0v) is 6.20. The Bertz CT molecular complexity index is 118. The van der Waals surface area contributed by atoms with Crippen molar-refractivity contribution in [2.45, 2.75) is 25.3 Å². The van der Waals surface area contributed by atoms with E-state index in [9.17, 15) is 5.11 Å². The SMILES string of the molecule is [B][C@@H]1C[C@H](CO)C(O)[C@@H]1C. The van der Waals surface area contributed by atoms with Crippen LogP contribution in [0, 0.1) is 11.8 Å². The molecule has 56 valence electrons. The van der Waals surface area contributed by atoms with Crippen LogP contribution >= 0.6 is 0 Å². The highest BCUT2D eigenvalue weighted by Gasteiger charge is 2.35. The average molecular weight is 140 g/mol. The Hall–Kier alpha value is -0.0151. The van der Waals surface area contributed by atoms with Crippen LogP contribution < -0.4 is 0 Å². The molecular weight excluding hydrogens is 127 g/mol. The van der Waals surface area contributed by atoms with Crippen LogP contribution in [-0.4, -0.2) is 30.8 Å². The minimum Gasteiger partial charge on any atom is -0.396 e. The van der Waals surface area contributed by atoms with Gasteiger partial charge in [-0.3, -0.25) is 0 Å². The van der Waals surface area contributed by atoms with Gasteiger partial charge >= 0.3 is 0 Å². The van der Waals surface area contributed by atoms with E-state index in [0.29, 0.717) is 0 Å². The number of rotatable bonds is 1. The van der Waals surface area contributed by atoms with Crippen molar-refractivity contribution >= 4 is 7.85 Å². The molecule has 1 unspecified atom stereocenters. The Kier molecular flexibility index (Phi) is 2.37. The third-order valence-corrected chi connectivity index (χ3v) is 2.51. The molecule has 0 spiro atoms. The monoisotopic (exact) mass is 140 g/mol. The molecule has 0 aromatic carbocycles. The Morgan fingerprint density at radius 1 is 1.60 bits per heavy atom. The van der Waals surface area contributed by atoms with E-state index in [-0.39, 0.29) is 24.3 Å². The van der Waals surface area contributed by atoms with Gasteiger partial charge in [0.15, 0.2) is 0 Å². The quantitative estimate of drug-likeness (QED) is 0.501. The summed E-state index contributed by atoms with van der Waals surface area (Å²) in [5.74, 6) is 0.203. The van der Waals surface area contributed by atoms with Gasteiger partial charge in [0.1, 0.15) is 0 Å². The lowest BCUT2D eigenvalue weighted by Gasteiger charge is -2.14. The van der Waals surface area contributed by atoms with Gasteiger partial charge in [0, 0.05) is 12.5 Å². The Balaban J connectivity index is 2.53. The lowest BCUT2D eigenvalue weighted by molar-refractivity contribution is 0.0661. The average Bonchev–Trinajstić information content (AvgIpc) is 2.17. The van der Waals surface area contributed by atoms with Crippen molar-refractivity contribution in [3.63, 3.8) is 0 Å². The van der Waals surface area contributed by atoms with Crippen molar-refractivity contribution < 1.29 is 10.2 Å². The van der Waals surface area contributed by atoms with Crippen molar-refractivity contribution in [2.24, 2.45) is 11.8 Å². The Morgan fingerprint density at radius 3 is 2.40 bits per heavy atom. The fraction of sp³-hybridized carbons (Fsp3) is 1.00. The van der Waals surface area contributed by atoms with E-state index < -0.39 is 6.10 Å². The highest BCUT2D eigenvalue weighted by Crippen LogP contribution is 2.38. The molecule has 0 aromatic rings. The van der Waals surface area contributed by atoms with Crippen LogP contribution in [0.25, 0.3) is 0 Å². The van der Waals surface area contributed by atoms with Gasteiger partial charge < -0.3 is 10.2 Å². The van der Waals surface area contributed by atoms with Crippen LogP contribution in [0.3, 0.4) is 0 Å². The third kappa shape index (κ3) is 1.20. The predicted octanol–water partition coefficient (Wildman–Crippen LogP) is -0.0474. The second-order valence-corrected chi connectivity index (χ2v) is 3.19. The maximum atomic E-state index is 9.39. The topological polar surface area (TPSA) is 40.5 Å². The van der Waals surface area contributed by atoms with Gasteiger partial charge in [-0.25, -0.2) is 0 Å². The summed E-state index contributed by atoms with van der Waals surface area (Å²) in [4.78, 5) is 0. The molecular formula is C7H13BO2. The number of aliphatic hydroxyl groups excluding tert-OH is 2. The van der Waals surface area contributed by atoms with E-state index in [1.165, 1.54) is 0 Å². The molecule has 2 radical (unpaired) electrons. The van der Waals surface area contributed by atoms with Crippen LogP contribution in [0.4, 0.5) is 0 Å². The highest BCUT2D eigenvalue weighted by molar-refractivity contribution is 6.12. The molecule has 4 atom stereocenters. The van der Waals surface area contributed by atoms with Gasteiger partial charge in [-0.2, -0.15) is 0 Å². The maximum absolute atomic E-state index is 9.39. The van der Waals surface area contributed by atoms with Crippen molar-refractivity contribution in [1.82, 2.24) is 0 Å². The van der Waals surface area contributed by atoms with E-state index in [1.807, 2.05) is 6.92 Å². The fourth-order valence-electron chi connectivity index (χ4n) is 1.57. The Morgan fingerprint density at radius 2 is 2.20 bits per heavy atom. The number of hydrogen-bond acceptors (Lipinski definition) is 2. The molecule has 0 heterocycles. The molecule has 1 aliphatic carbocycles. The first-order valence-corrected chi connectivity index (χ1v) is 3.71. The summed E-state index contributed by atoms with van der Waals surface area (Å²) in [6.07, 6.45) is 0.346. The molecule has 0 saturated heterocycles. The molecule has 1 aliphatic rings. The maximum Gasteiger partial charge on any atom is 0.0704 e. The Labute approximate surface area is 62.7 Å². The largest absolute Gasteiger partial charge is 0.396 e. The summed E-state index contributed by atoms with van der Waals surface area (Å²) < 4.78 is 0. The normalized spacial score (nSPS) is 47.9. The zero-order valence-electron chi connectivity index (χ0n) is 6.20. The first-order chi connectivity index (χ1) is 4.66. The molecule has 0 bridgehead atoms. The smallest absolute Gasteiger partial charge is 0.0704 e. The van der Waals surface area contributed by atoms with E-state index in [2.05, 4.69) is 0 Å². The number of hydrogen-bond donors (Lipinski definition) is 2. The molecule has 2 N–H and O–H groups in total. The molecule has 1 fully saturated rings. The summed E-state index contributed by atoms with van der Waals surface area (Å²) in [5.41, 5.74) is 0. The predicted molar refractivity (Wildman–Crippen MR) is 39.9 cm³/mol. The van der Waals surface area contributed by atoms with Crippen molar-refractivity contribution in [3.8, 4) is 0 Å². The number of aliphatic hydroxyl groups is 2. The van der Waals surface area contributed by atoms with Crippen molar-refractivity contribution in [1.29, 1.82) is 0 Å². The molecule has 0 aliphatic heterocycles. The molecule has 0 aromatic heterocycles. The first kappa shape index (κ1) is 8.09. The first-order valence-electron chi connectivity index (χ1n) is 3.71. The van der Waals surface area contributed by atoms with E-state index in [1.54, 1.807) is 0 Å². The molecule has 3 heteroatoms. The molecule has 10 heavy (non-hydrogen) atoms. The highest BCUT2D eigenvalue weighted by atomic mass is 16.3. The summed E-state index contributed by atoms with van der Waals surface area (Å²) in [6, 6.07) is 0.